The molecule has 1 aliphatic carbocycles. The number of terminal acetylenes is 1. The molecule has 1 rings (SSSR count). The highest BCUT2D eigenvalue weighted by molar-refractivity contribution is 5.88. The van der Waals surface area contributed by atoms with Gasteiger partial charge in [-0.3, -0.25) is 14.4 Å². The molecule has 1 N–H and O–H groups in total. The molecule has 1 unspecified atom stereocenters. The summed E-state index contributed by atoms with van der Waals surface area (Å²) in [6, 6.07) is -0.666. The third kappa shape index (κ3) is 7.66. The Bertz CT molecular complexity index is 555. The van der Waals surface area contributed by atoms with Crippen LogP contribution in [0.5, 0.6) is 0 Å². The molecule has 166 valence electrons. The van der Waals surface area contributed by atoms with Gasteiger partial charge >= 0.3 is 0 Å². The zero-order valence-corrected chi connectivity index (χ0v) is 19.4. The van der Waals surface area contributed by atoms with Crippen LogP contribution in [0.2, 0.25) is 0 Å². The van der Waals surface area contributed by atoms with Gasteiger partial charge in [0.2, 0.25) is 5.91 Å². The van der Waals surface area contributed by atoms with Gasteiger partial charge < -0.3 is 5.32 Å². The monoisotopic (exact) mass is 406 g/mol. The summed E-state index contributed by atoms with van der Waals surface area (Å²) in [5.74, 6) is 3.08. The summed E-state index contributed by atoms with van der Waals surface area (Å²) in [5, 5.41) is 4.59. The van der Waals surface area contributed by atoms with Crippen LogP contribution in [0.1, 0.15) is 86.5 Å². The van der Waals surface area contributed by atoms with E-state index >= 15 is 0 Å². The Kier molecular flexibility index (Phi) is 11.3. The van der Waals surface area contributed by atoms with Crippen molar-refractivity contribution in [1.29, 1.82) is 0 Å². The van der Waals surface area contributed by atoms with E-state index in [1.165, 1.54) is 11.5 Å². The Balaban J connectivity index is 2.96. The van der Waals surface area contributed by atoms with Crippen molar-refractivity contribution >= 4 is 11.8 Å². The van der Waals surface area contributed by atoms with Gasteiger partial charge in [0.15, 0.2) is 0 Å². The molecule has 1 fully saturated rings. The quantitative estimate of drug-likeness (QED) is 0.311. The van der Waals surface area contributed by atoms with Gasteiger partial charge in [-0.05, 0) is 43.9 Å². The number of amides is 2. The lowest BCUT2D eigenvalue weighted by atomic mass is 9.79. The molecule has 1 aliphatic rings. The molecule has 29 heavy (non-hydrogen) atoms. The van der Waals surface area contributed by atoms with E-state index in [2.05, 4.69) is 32.0 Å². The van der Waals surface area contributed by atoms with Crippen molar-refractivity contribution in [3.8, 4) is 12.3 Å². The molecule has 0 saturated heterocycles. The van der Waals surface area contributed by atoms with E-state index in [1.807, 2.05) is 20.8 Å². The van der Waals surface area contributed by atoms with Crippen LogP contribution in [0.4, 0.5) is 0 Å². The molecule has 5 heteroatoms. The average molecular weight is 407 g/mol. The first-order valence-electron chi connectivity index (χ1n) is 11.4. The summed E-state index contributed by atoms with van der Waals surface area (Å²) in [7, 11) is 0. The minimum Gasteiger partial charge on any atom is -0.344 e. The van der Waals surface area contributed by atoms with Crippen molar-refractivity contribution in [3.63, 3.8) is 0 Å². The number of hydrogen-bond acceptors (Lipinski definition) is 3. The van der Waals surface area contributed by atoms with Gasteiger partial charge in [-0.25, -0.2) is 5.06 Å². The van der Waals surface area contributed by atoms with Crippen molar-refractivity contribution in [3.05, 3.63) is 0 Å². The van der Waals surface area contributed by atoms with Crippen LogP contribution in [0, 0.1) is 36.0 Å². The number of hydroxylamine groups is 2. The third-order valence-corrected chi connectivity index (χ3v) is 6.47. The summed E-state index contributed by atoms with van der Waals surface area (Å²) >= 11 is 0. The summed E-state index contributed by atoms with van der Waals surface area (Å²) in [5.41, 5.74) is 0. The van der Waals surface area contributed by atoms with Crippen LogP contribution in [0.3, 0.4) is 0 Å². The third-order valence-electron chi connectivity index (χ3n) is 6.47. The van der Waals surface area contributed by atoms with Crippen molar-refractivity contribution in [1.82, 2.24) is 10.4 Å². The molecule has 0 bridgehead atoms. The molecule has 0 heterocycles. The average Bonchev–Trinajstić information content (AvgIpc) is 2.70. The zero-order valence-electron chi connectivity index (χ0n) is 19.4. The summed E-state index contributed by atoms with van der Waals surface area (Å²) in [6.07, 6.45) is 11.7. The first kappa shape index (κ1) is 25.5. The molecule has 0 radical (unpaired) electrons. The number of nitrogens with zero attached hydrogens (tertiary/aromatic N) is 1. The van der Waals surface area contributed by atoms with Crippen molar-refractivity contribution in [2.75, 3.05) is 6.61 Å². The van der Waals surface area contributed by atoms with E-state index in [-0.39, 0.29) is 35.6 Å². The Morgan fingerprint density at radius 3 is 2.41 bits per heavy atom. The molecule has 5 nitrogen and oxygen atoms in total. The SMILES string of the molecule is C#CCCCON(C(=O)[C@@H](NC(=O)[C@H]1CCCCC1C)[C@@H](C)CC)[C@H](C)C(C)C. The first-order chi connectivity index (χ1) is 13.7. The maximum absolute atomic E-state index is 13.5. The second kappa shape index (κ2) is 12.9. The van der Waals surface area contributed by atoms with E-state index < -0.39 is 6.04 Å². The number of carbonyl (C=O) groups is 2. The van der Waals surface area contributed by atoms with Crippen LogP contribution in [-0.2, 0) is 14.4 Å². The summed E-state index contributed by atoms with van der Waals surface area (Å²) < 4.78 is 0. The van der Waals surface area contributed by atoms with E-state index in [0.29, 0.717) is 25.4 Å². The van der Waals surface area contributed by atoms with Gasteiger partial charge in [0.1, 0.15) is 6.04 Å². The topological polar surface area (TPSA) is 58.6 Å². The van der Waals surface area contributed by atoms with Gasteiger partial charge in [-0.1, -0.05) is 53.9 Å². The van der Waals surface area contributed by atoms with E-state index in [9.17, 15) is 9.59 Å². The van der Waals surface area contributed by atoms with Gasteiger partial charge in [0.05, 0.1) is 12.6 Å². The normalized spacial score (nSPS) is 22.4. The Morgan fingerprint density at radius 2 is 1.86 bits per heavy atom. The molecule has 0 aromatic carbocycles. The van der Waals surface area contributed by atoms with Gasteiger partial charge in [-0.2, -0.15) is 0 Å². The Labute approximate surface area is 178 Å². The minimum atomic E-state index is -0.574. The molecular formula is C24H42N2O3. The second-order valence-corrected chi connectivity index (χ2v) is 9.03. The summed E-state index contributed by atoms with van der Waals surface area (Å²) in [4.78, 5) is 32.4. The molecule has 1 saturated carbocycles. The van der Waals surface area contributed by atoms with Gasteiger partial charge in [0, 0.05) is 12.3 Å². The summed E-state index contributed by atoms with van der Waals surface area (Å²) in [6.45, 7) is 12.7. The molecule has 0 aromatic rings. The van der Waals surface area contributed by atoms with Crippen LogP contribution in [0.25, 0.3) is 0 Å². The van der Waals surface area contributed by atoms with E-state index in [4.69, 9.17) is 11.3 Å². The van der Waals surface area contributed by atoms with Gasteiger partial charge in [-0.15, -0.1) is 12.3 Å². The van der Waals surface area contributed by atoms with Crippen molar-refractivity contribution < 1.29 is 14.4 Å². The lowest BCUT2D eigenvalue weighted by Crippen LogP contribution is -2.56. The van der Waals surface area contributed by atoms with E-state index in [1.54, 1.807) is 0 Å². The maximum Gasteiger partial charge on any atom is 0.269 e. The molecule has 0 aromatic heterocycles. The molecule has 2 amide bonds. The highest BCUT2D eigenvalue weighted by Crippen LogP contribution is 2.30. The predicted molar refractivity (Wildman–Crippen MR) is 118 cm³/mol. The maximum atomic E-state index is 13.5. The van der Waals surface area contributed by atoms with E-state index in [0.717, 1.165) is 25.7 Å². The van der Waals surface area contributed by atoms with Crippen molar-refractivity contribution in [2.45, 2.75) is 98.6 Å². The number of hydrogen-bond donors (Lipinski definition) is 1. The fourth-order valence-electron chi connectivity index (χ4n) is 3.78. The number of rotatable bonds is 11. The van der Waals surface area contributed by atoms with Crippen LogP contribution < -0.4 is 5.32 Å². The Hall–Kier alpha value is -1.54. The number of carbonyl (C=O) groups excluding carboxylic acids is 2. The smallest absolute Gasteiger partial charge is 0.269 e. The molecular weight excluding hydrogens is 364 g/mol. The fourth-order valence-corrected chi connectivity index (χ4v) is 3.78. The zero-order chi connectivity index (χ0) is 22.0. The Morgan fingerprint density at radius 1 is 1.21 bits per heavy atom. The lowest BCUT2D eigenvalue weighted by Gasteiger charge is -2.36. The van der Waals surface area contributed by atoms with Gasteiger partial charge in [0.25, 0.3) is 5.91 Å². The van der Waals surface area contributed by atoms with Crippen molar-refractivity contribution in [2.24, 2.45) is 23.7 Å². The molecule has 5 atom stereocenters. The fraction of sp³-hybridized carbons (Fsp3) is 0.833. The number of nitrogens with one attached hydrogen (secondary N) is 1. The lowest BCUT2D eigenvalue weighted by molar-refractivity contribution is -0.207. The standard InChI is InChI=1S/C24H42N2O3/c1-8-10-13-16-29-26(20(7)17(3)4)24(28)22(18(5)9-2)25-23(27)21-15-12-11-14-19(21)6/h1,17-22H,9-16H2,2-7H3,(H,25,27)/t18-,19?,20+,21-,22-/m0/s1. The number of unbranched alkanes of at least 4 members (excludes halogenated alkanes) is 1. The van der Waals surface area contributed by atoms with Crippen LogP contribution >= 0.6 is 0 Å². The van der Waals surface area contributed by atoms with Crippen LogP contribution in [0.15, 0.2) is 0 Å². The second-order valence-electron chi connectivity index (χ2n) is 9.03. The predicted octanol–water partition coefficient (Wildman–Crippen LogP) is 4.56. The highest BCUT2D eigenvalue weighted by atomic mass is 16.7. The first-order valence-corrected chi connectivity index (χ1v) is 11.4. The largest absolute Gasteiger partial charge is 0.344 e. The molecule has 0 spiro atoms. The highest BCUT2D eigenvalue weighted by Gasteiger charge is 2.36. The van der Waals surface area contributed by atoms with Crippen LogP contribution in [-0.4, -0.2) is 35.6 Å². The minimum absolute atomic E-state index is 0.00405. The molecule has 0 aliphatic heterocycles.